The molecule has 1 aliphatic rings. The smallest absolute Gasteiger partial charge is 0.323 e. The molecular weight excluding hydrogens is 270 g/mol. The quantitative estimate of drug-likeness (QED) is 0.493. The van der Waals surface area contributed by atoms with E-state index in [-0.39, 0.29) is 5.41 Å². The fourth-order valence-corrected chi connectivity index (χ4v) is 3.28. The van der Waals surface area contributed by atoms with Gasteiger partial charge in [-0.3, -0.25) is 9.83 Å². The summed E-state index contributed by atoms with van der Waals surface area (Å²) in [6.07, 6.45) is -0.547. The SMILES string of the molecule is CNC(=O)O/N=C(/CSC1=NCCS1)C(C)(C)C. The summed E-state index contributed by atoms with van der Waals surface area (Å²) in [6.45, 7) is 7.03. The van der Waals surface area contributed by atoms with Crippen LogP contribution in [-0.4, -0.2) is 41.3 Å². The molecule has 0 radical (unpaired) electrons. The maximum Gasteiger partial charge on any atom is 0.433 e. The van der Waals surface area contributed by atoms with Crippen molar-refractivity contribution in [2.24, 2.45) is 15.6 Å². The number of aliphatic imine (C=N–C) groups is 1. The number of hydrogen-bond acceptors (Lipinski definition) is 6. The molecule has 18 heavy (non-hydrogen) atoms. The van der Waals surface area contributed by atoms with Gasteiger partial charge in [-0.1, -0.05) is 49.5 Å². The van der Waals surface area contributed by atoms with Crippen LogP contribution in [0.5, 0.6) is 0 Å². The van der Waals surface area contributed by atoms with E-state index in [0.717, 1.165) is 22.4 Å². The van der Waals surface area contributed by atoms with Crippen molar-refractivity contribution in [2.75, 3.05) is 25.1 Å². The second-order valence-corrected chi connectivity index (χ2v) is 7.01. The van der Waals surface area contributed by atoms with Crippen LogP contribution in [0.25, 0.3) is 0 Å². The monoisotopic (exact) mass is 289 g/mol. The van der Waals surface area contributed by atoms with E-state index in [1.807, 2.05) is 20.8 Å². The topological polar surface area (TPSA) is 63.0 Å². The Morgan fingerprint density at radius 1 is 1.61 bits per heavy atom. The molecule has 0 aromatic heterocycles. The van der Waals surface area contributed by atoms with Crippen LogP contribution in [0, 0.1) is 5.41 Å². The molecule has 0 aromatic rings. The van der Waals surface area contributed by atoms with Crippen molar-refractivity contribution in [1.82, 2.24) is 5.32 Å². The van der Waals surface area contributed by atoms with Gasteiger partial charge in [0.2, 0.25) is 0 Å². The lowest BCUT2D eigenvalue weighted by Crippen LogP contribution is -2.25. The lowest BCUT2D eigenvalue weighted by atomic mass is 9.91. The van der Waals surface area contributed by atoms with Crippen molar-refractivity contribution in [2.45, 2.75) is 20.8 Å². The highest BCUT2D eigenvalue weighted by atomic mass is 32.2. The minimum atomic E-state index is -0.547. The van der Waals surface area contributed by atoms with Crippen LogP contribution in [0.4, 0.5) is 4.79 Å². The molecule has 0 saturated carbocycles. The van der Waals surface area contributed by atoms with E-state index in [1.165, 1.54) is 7.05 Å². The second kappa shape index (κ2) is 7.04. The summed E-state index contributed by atoms with van der Waals surface area (Å²) in [5.74, 6) is 1.74. The van der Waals surface area contributed by atoms with Gasteiger partial charge in [0, 0.05) is 24.0 Å². The molecule has 0 aliphatic carbocycles. The van der Waals surface area contributed by atoms with E-state index >= 15 is 0 Å². The Labute approximate surface area is 116 Å². The molecule has 0 unspecified atom stereocenters. The fourth-order valence-electron chi connectivity index (χ4n) is 1.05. The summed E-state index contributed by atoms with van der Waals surface area (Å²) in [6, 6.07) is 0. The minimum Gasteiger partial charge on any atom is -0.323 e. The van der Waals surface area contributed by atoms with Crippen molar-refractivity contribution >= 4 is 39.7 Å². The van der Waals surface area contributed by atoms with Gasteiger partial charge in [-0.05, 0) is 0 Å². The molecule has 1 N–H and O–H groups in total. The number of hydrogen-bond donors (Lipinski definition) is 1. The van der Waals surface area contributed by atoms with Crippen molar-refractivity contribution in [3.63, 3.8) is 0 Å². The van der Waals surface area contributed by atoms with Gasteiger partial charge in [0.25, 0.3) is 0 Å². The molecule has 5 nitrogen and oxygen atoms in total. The highest BCUT2D eigenvalue weighted by molar-refractivity contribution is 8.39. The predicted molar refractivity (Wildman–Crippen MR) is 79.6 cm³/mol. The lowest BCUT2D eigenvalue weighted by Gasteiger charge is -2.20. The molecule has 0 atom stereocenters. The molecule has 0 saturated heterocycles. The lowest BCUT2D eigenvalue weighted by molar-refractivity contribution is 0.152. The molecule has 0 bridgehead atoms. The van der Waals surface area contributed by atoms with Crippen molar-refractivity contribution in [3.05, 3.63) is 0 Å². The highest BCUT2D eigenvalue weighted by Crippen LogP contribution is 2.26. The first-order chi connectivity index (χ1) is 8.43. The van der Waals surface area contributed by atoms with Gasteiger partial charge in [0.05, 0.1) is 12.3 Å². The molecule has 0 spiro atoms. The Morgan fingerprint density at radius 3 is 2.83 bits per heavy atom. The Kier molecular flexibility index (Phi) is 6.01. The number of carbonyl (C=O) groups excluding carboxylic acids is 1. The number of nitrogens with one attached hydrogen (secondary N) is 1. The van der Waals surface area contributed by atoms with Crippen LogP contribution in [0.1, 0.15) is 20.8 Å². The zero-order chi connectivity index (χ0) is 13.6. The molecule has 0 aromatic carbocycles. The highest BCUT2D eigenvalue weighted by Gasteiger charge is 2.22. The van der Waals surface area contributed by atoms with Crippen LogP contribution in [0.15, 0.2) is 10.1 Å². The van der Waals surface area contributed by atoms with E-state index in [4.69, 9.17) is 4.84 Å². The largest absolute Gasteiger partial charge is 0.433 e. The average molecular weight is 289 g/mol. The third kappa shape index (κ3) is 5.30. The maximum absolute atomic E-state index is 11.0. The Bertz CT molecular complexity index is 362. The van der Waals surface area contributed by atoms with Crippen molar-refractivity contribution in [3.8, 4) is 0 Å². The standard InChI is InChI=1S/C11H19N3O2S2/c1-11(2,3)8(14-16-9(15)12-4)7-18-10-13-5-6-17-10/h5-7H2,1-4H3,(H,12,15)/b14-8-. The van der Waals surface area contributed by atoms with Gasteiger partial charge >= 0.3 is 6.09 Å². The summed E-state index contributed by atoms with van der Waals surface area (Å²) in [5, 5.41) is 6.31. The second-order valence-electron chi connectivity index (χ2n) is 4.70. The number of carbonyl (C=O) groups is 1. The van der Waals surface area contributed by atoms with Gasteiger partial charge in [-0.2, -0.15) is 0 Å². The average Bonchev–Trinajstić information content (AvgIpc) is 2.79. The molecule has 1 amide bonds. The third-order valence-electron chi connectivity index (χ3n) is 2.20. The summed E-state index contributed by atoms with van der Waals surface area (Å²) in [5.41, 5.74) is 0.705. The van der Waals surface area contributed by atoms with Gasteiger partial charge in [-0.15, -0.1) is 0 Å². The molecule has 0 fully saturated rings. The number of amides is 1. The van der Waals surface area contributed by atoms with Crippen LogP contribution >= 0.6 is 23.5 Å². The first-order valence-electron chi connectivity index (χ1n) is 5.69. The zero-order valence-electron chi connectivity index (χ0n) is 11.1. The van der Waals surface area contributed by atoms with Gasteiger partial charge in [0.1, 0.15) is 4.38 Å². The van der Waals surface area contributed by atoms with E-state index in [0.29, 0.717) is 5.75 Å². The van der Waals surface area contributed by atoms with E-state index in [2.05, 4.69) is 15.5 Å². The van der Waals surface area contributed by atoms with Crippen LogP contribution in [0.2, 0.25) is 0 Å². The van der Waals surface area contributed by atoms with Gasteiger partial charge in [0.15, 0.2) is 0 Å². The first kappa shape index (κ1) is 15.4. The van der Waals surface area contributed by atoms with Gasteiger partial charge < -0.3 is 5.32 Å². The number of nitrogens with zero attached hydrogens (tertiary/aromatic N) is 2. The zero-order valence-corrected chi connectivity index (χ0v) is 12.8. The third-order valence-corrected chi connectivity index (χ3v) is 4.46. The summed E-state index contributed by atoms with van der Waals surface area (Å²) < 4.78 is 1.09. The maximum atomic E-state index is 11.0. The number of thioether (sulfide) groups is 2. The Morgan fingerprint density at radius 2 is 2.33 bits per heavy atom. The molecule has 1 aliphatic heterocycles. The molecular formula is C11H19N3O2S2. The summed E-state index contributed by atoms with van der Waals surface area (Å²) in [7, 11) is 1.51. The molecule has 7 heteroatoms. The predicted octanol–water partition coefficient (Wildman–Crippen LogP) is 2.58. The molecule has 102 valence electrons. The molecule has 1 rings (SSSR count). The van der Waals surface area contributed by atoms with E-state index in [9.17, 15) is 4.79 Å². The molecule has 1 heterocycles. The van der Waals surface area contributed by atoms with Crippen LogP contribution in [-0.2, 0) is 4.84 Å². The Balaban J connectivity index is 2.58. The number of oxime groups is 1. The Hall–Kier alpha value is -0.690. The number of rotatable bonds is 3. The first-order valence-corrected chi connectivity index (χ1v) is 7.66. The van der Waals surface area contributed by atoms with E-state index < -0.39 is 6.09 Å². The minimum absolute atomic E-state index is 0.134. The summed E-state index contributed by atoms with van der Waals surface area (Å²) >= 11 is 3.41. The van der Waals surface area contributed by atoms with Crippen molar-refractivity contribution in [1.29, 1.82) is 0 Å². The normalized spacial score (nSPS) is 16.4. The summed E-state index contributed by atoms with van der Waals surface area (Å²) in [4.78, 5) is 20.2. The van der Waals surface area contributed by atoms with E-state index in [1.54, 1.807) is 23.5 Å². The van der Waals surface area contributed by atoms with Crippen LogP contribution in [0.3, 0.4) is 0 Å². The van der Waals surface area contributed by atoms with Crippen LogP contribution < -0.4 is 5.32 Å². The van der Waals surface area contributed by atoms with Gasteiger partial charge in [-0.25, -0.2) is 4.79 Å². The fraction of sp³-hybridized carbons (Fsp3) is 0.727. The van der Waals surface area contributed by atoms with Crippen molar-refractivity contribution < 1.29 is 9.63 Å².